The molecule has 1 heterocycles. The quantitative estimate of drug-likeness (QED) is 0.439. The minimum atomic E-state index is -0.410. The fourth-order valence-electron chi connectivity index (χ4n) is 0.517. The lowest BCUT2D eigenvalue weighted by atomic mass is 10.2. The molecular formula is C4H10NO2P. The first-order chi connectivity index (χ1) is 3.63. The molecule has 3 atom stereocenters. The highest BCUT2D eigenvalue weighted by molar-refractivity contribution is 7.18. The van der Waals surface area contributed by atoms with E-state index in [0.29, 0.717) is 6.61 Å². The monoisotopic (exact) mass is 135 g/mol. The number of aliphatic hydroxyl groups is 1. The molecule has 1 saturated heterocycles. The summed E-state index contributed by atoms with van der Waals surface area (Å²) in [5.41, 5.74) is 2.66. The zero-order valence-corrected chi connectivity index (χ0v) is 5.87. The molecule has 0 aromatic carbocycles. The fourth-order valence-corrected chi connectivity index (χ4v) is 0.697. The lowest BCUT2D eigenvalue weighted by Crippen LogP contribution is -2.37. The van der Waals surface area contributed by atoms with Crippen LogP contribution >= 0.6 is 9.24 Å². The molecule has 48 valence electrons. The van der Waals surface area contributed by atoms with Gasteiger partial charge in [0.05, 0.1) is 11.9 Å². The summed E-state index contributed by atoms with van der Waals surface area (Å²) in [5.74, 6) is 0. The Balaban J connectivity index is 2.54. The normalized spacial score (nSPS) is 47.6. The number of rotatable bonds is 0. The van der Waals surface area contributed by atoms with Crippen molar-refractivity contribution in [2.75, 3.05) is 6.61 Å². The van der Waals surface area contributed by atoms with Gasteiger partial charge in [-0.1, -0.05) is 0 Å². The van der Waals surface area contributed by atoms with Crippen molar-refractivity contribution in [3.05, 3.63) is 0 Å². The van der Waals surface area contributed by atoms with Crippen molar-refractivity contribution >= 4 is 9.24 Å². The SMILES string of the molecule is CC1(P)NOC[C@H]1O. The molecule has 0 radical (unpaired) electrons. The molecule has 1 aliphatic heterocycles. The van der Waals surface area contributed by atoms with Gasteiger partial charge in [0.15, 0.2) is 0 Å². The zero-order chi connectivity index (χ0) is 6.20. The van der Waals surface area contributed by atoms with Crippen LogP contribution in [0, 0.1) is 0 Å². The predicted octanol–water partition coefficient (Wildman–Crippen LogP) is -0.527. The minimum Gasteiger partial charge on any atom is -0.388 e. The minimum absolute atomic E-state index is 0.347. The predicted molar refractivity (Wildman–Crippen MR) is 33.2 cm³/mol. The van der Waals surface area contributed by atoms with Crippen molar-refractivity contribution in [3.63, 3.8) is 0 Å². The van der Waals surface area contributed by atoms with Gasteiger partial charge in [0.25, 0.3) is 0 Å². The summed E-state index contributed by atoms with van der Waals surface area (Å²) < 4.78 is 0. The average Bonchev–Trinajstić information content (AvgIpc) is 1.86. The van der Waals surface area contributed by atoms with Crippen molar-refractivity contribution in [2.24, 2.45) is 0 Å². The maximum Gasteiger partial charge on any atom is 0.103 e. The maximum atomic E-state index is 9.05. The van der Waals surface area contributed by atoms with Gasteiger partial charge in [-0.3, -0.25) is 4.84 Å². The van der Waals surface area contributed by atoms with Gasteiger partial charge in [-0.05, 0) is 6.92 Å². The van der Waals surface area contributed by atoms with Crippen molar-refractivity contribution in [3.8, 4) is 0 Å². The van der Waals surface area contributed by atoms with Gasteiger partial charge in [-0.2, -0.15) is 5.48 Å². The number of hydroxylamine groups is 1. The summed E-state index contributed by atoms with van der Waals surface area (Å²) in [6.07, 6.45) is -0.410. The second-order valence-corrected chi connectivity index (χ2v) is 3.41. The summed E-state index contributed by atoms with van der Waals surface area (Å²) >= 11 is 0. The van der Waals surface area contributed by atoms with E-state index in [2.05, 4.69) is 14.7 Å². The van der Waals surface area contributed by atoms with E-state index in [-0.39, 0.29) is 5.28 Å². The Morgan fingerprint density at radius 2 is 2.62 bits per heavy atom. The van der Waals surface area contributed by atoms with Gasteiger partial charge in [0.1, 0.15) is 6.10 Å². The van der Waals surface area contributed by atoms with Crippen molar-refractivity contribution in [2.45, 2.75) is 18.3 Å². The molecule has 1 rings (SSSR count). The van der Waals surface area contributed by atoms with Crippen LogP contribution in [0.5, 0.6) is 0 Å². The van der Waals surface area contributed by atoms with Crippen LogP contribution in [0.1, 0.15) is 6.92 Å². The Morgan fingerprint density at radius 1 is 2.00 bits per heavy atom. The summed E-state index contributed by atoms with van der Waals surface area (Å²) in [6.45, 7) is 2.23. The van der Waals surface area contributed by atoms with E-state index in [0.717, 1.165) is 0 Å². The molecule has 1 aliphatic rings. The topological polar surface area (TPSA) is 41.5 Å². The van der Waals surface area contributed by atoms with Gasteiger partial charge in [-0.25, -0.2) is 0 Å². The van der Waals surface area contributed by atoms with Gasteiger partial charge in [0.2, 0.25) is 0 Å². The van der Waals surface area contributed by atoms with Crippen molar-refractivity contribution in [1.29, 1.82) is 0 Å². The van der Waals surface area contributed by atoms with E-state index in [4.69, 9.17) is 9.94 Å². The lowest BCUT2D eigenvalue weighted by molar-refractivity contribution is 0.0759. The van der Waals surface area contributed by atoms with E-state index < -0.39 is 6.10 Å². The Labute approximate surface area is 50.6 Å². The zero-order valence-electron chi connectivity index (χ0n) is 4.72. The molecule has 1 fully saturated rings. The molecular weight excluding hydrogens is 125 g/mol. The third-order valence-electron chi connectivity index (χ3n) is 1.23. The van der Waals surface area contributed by atoms with Crippen LogP contribution in [0.25, 0.3) is 0 Å². The van der Waals surface area contributed by atoms with Gasteiger partial charge in [0, 0.05) is 0 Å². The Morgan fingerprint density at radius 3 is 2.75 bits per heavy atom. The van der Waals surface area contributed by atoms with Crippen LogP contribution in [0.4, 0.5) is 0 Å². The van der Waals surface area contributed by atoms with E-state index >= 15 is 0 Å². The van der Waals surface area contributed by atoms with E-state index in [1.54, 1.807) is 0 Å². The highest BCUT2D eigenvalue weighted by atomic mass is 31.0. The molecule has 8 heavy (non-hydrogen) atoms. The molecule has 0 bridgehead atoms. The molecule has 3 nitrogen and oxygen atoms in total. The Hall–Kier alpha value is 0.310. The van der Waals surface area contributed by atoms with Crippen LogP contribution in [0.2, 0.25) is 0 Å². The molecule has 0 aromatic rings. The molecule has 0 spiro atoms. The van der Waals surface area contributed by atoms with E-state index in [1.807, 2.05) is 6.92 Å². The second kappa shape index (κ2) is 1.92. The highest BCUT2D eigenvalue weighted by Crippen LogP contribution is 2.22. The number of hydrogen-bond donors (Lipinski definition) is 2. The smallest absolute Gasteiger partial charge is 0.103 e. The van der Waals surface area contributed by atoms with Crippen molar-refractivity contribution < 1.29 is 9.94 Å². The number of hydrogen-bond acceptors (Lipinski definition) is 3. The van der Waals surface area contributed by atoms with Crippen LogP contribution in [0.3, 0.4) is 0 Å². The summed E-state index contributed by atoms with van der Waals surface area (Å²) in [6, 6.07) is 0. The van der Waals surface area contributed by atoms with Crippen LogP contribution < -0.4 is 5.48 Å². The van der Waals surface area contributed by atoms with Crippen LogP contribution in [-0.2, 0) is 4.84 Å². The molecule has 0 saturated carbocycles. The molecule has 0 aliphatic carbocycles. The summed E-state index contributed by atoms with van der Waals surface area (Å²) in [5, 5.41) is 8.70. The first-order valence-corrected chi connectivity index (χ1v) is 3.06. The first kappa shape index (κ1) is 6.43. The summed E-state index contributed by atoms with van der Waals surface area (Å²) in [4.78, 5) is 4.75. The summed E-state index contributed by atoms with van der Waals surface area (Å²) in [7, 11) is 2.48. The number of aliphatic hydroxyl groups excluding tert-OH is 1. The average molecular weight is 135 g/mol. The highest BCUT2D eigenvalue weighted by Gasteiger charge is 2.33. The van der Waals surface area contributed by atoms with Gasteiger partial charge in [-0.15, -0.1) is 9.24 Å². The molecule has 0 amide bonds. The Kier molecular flexibility index (Phi) is 1.54. The Bertz CT molecular complexity index is 96.0. The van der Waals surface area contributed by atoms with Crippen LogP contribution in [0.15, 0.2) is 0 Å². The third-order valence-corrected chi connectivity index (χ3v) is 1.73. The second-order valence-electron chi connectivity index (χ2n) is 2.21. The van der Waals surface area contributed by atoms with E-state index in [1.165, 1.54) is 0 Å². The lowest BCUT2D eigenvalue weighted by Gasteiger charge is -2.18. The van der Waals surface area contributed by atoms with Gasteiger partial charge < -0.3 is 5.11 Å². The maximum absolute atomic E-state index is 9.05. The van der Waals surface area contributed by atoms with Gasteiger partial charge >= 0.3 is 0 Å². The third kappa shape index (κ3) is 1.00. The largest absolute Gasteiger partial charge is 0.388 e. The van der Waals surface area contributed by atoms with Crippen LogP contribution in [-0.4, -0.2) is 23.1 Å². The molecule has 4 heteroatoms. The molecule has 0 aromatic heterocycles. The number of nitrogens with one attached hydrogen (secondary N) is 1. The first-order valence-electron chi connectivity index (χ1n) is 2.49. The van der Waals surface area contributed by atoms with Crippen molar-refractivity contribution in [1.82, 2.24) is 5.48 Å². The molecule has 2 unspecified atom stereocenters. The fraction of sp³-hybridized carbons (Fsp3) is 1.00. The van der Waals surface area contributed by atoms with E-state index in [9.17, 15) is 0 Å². The standard InChI is InChI=1S/C4H10NO2P/c1-4(8)3(6)2-7-5-4/h3,5-6H,2,8H2,1H3/t3-,4?/m1/s1. The molecule has 2 N–H and O–H groups in total.